The van der Waals surface area contributed by atoms with Crippen LogP contribution in [0, 0.1) is 12.8 Å². The van der Waals surface area contributed by atoms with E-state index in [4.69, 9.17) is 0 Å². The fraction of sp³-hybridized carbons (Fsp3) is 0.524. The number of nitrogens with zero attached hydrogens (tertiary/aromatic N) is 3. The standard InChI is InChI=1S/C21H25F3N4O2S/c1-13-26-19(14-3-5-16(6-4-14)21(22,23)24)10-20(27-13)18-12-28-8-7-15(18)9-17(28)11-25-31(2,29)30/h3-6,10,15,17-18,25H,7-9,11-12H2,1-2H3/t15-,17+,18+/m0/s1. The van der Waals surface area contributed by atoms with Gasteiger partial charge < -0.3 is 0 Å². The fourth-order valence-corrected chi connectivity index (χ4v) is 5.19. The van der Waals surface area contributed by atoms with Gasteiger partial charge in [-0.2, -0.15) is 13.2 Å². The molecule has 6 nitrogen and oxygen atoms in total. The lowest BCUT2D eigenvalue weighted by molar-refractivity contribution is -0.137. The number of aromatic nitrogens is 2. The Hall–Kier alpha value is -2.04. The van der Waals surface area contributed by atoms with Crippen molar-refractivity contribution in [3.8, 4) is 11.3 Å². The number of hydrogen-bond acceptors (Lipinski definition) is 5. The van der Waals surface area contributed by atoms with E-state index < -0.39 is 21.8 Å². The van der Waals surface area contributed by atoms with Gasteiger partial charge in [-0.15, -0.1) is 0 Å². The number of hydrogen-bond donors (Lipinski definition) is 1. The Labute approximate surface area is 179 Å². The maximum Gasteiger partial charge on any atom is 0.416 e. The summed E-state index contributed by atoms with van der Waals surface area (Å²) in [4.78, 5) is 11.4. The highest BCUT2D eigenvalue weighted by Gasteiger charge is 2.41. The van der Waals surface area contributed by atoms with Gasteiger partial charge in [-0.25, -0.2) is 23.1 Å². The molecular formula is C21H25F3N4O2S. The van der Waals surface area contributed by atoms with Crippen LogP contribution in [0.4, 0.5) is 13.2 Å². The van der Waals surface area contributed by atoms with E-state index in [0.29, 0.717) is 29.5 Å². The lowest BCUT2D eigenvalue weighted by Gasteiger charge is -2.49. The van der Waals surface area contributed by atoms with Gasteiger partial charge in [0.05, 0.1) is 17.5 Å². The van der Waals surface area contributed by atoms with Gasteiger partial charge in [0, 0.05) is 36.3 Å². The van der Waals surface area contributed by atoms with E-state index in [0.717, 1.165) is 43.8 Å². The minimum atomic E-state index is -4.37. The molecule has 1 aromatic heterocycles. The van der Waals surface area contributed by atoms with Gasteiger partial charge in [-0.05, 0) is 50.4 Å². The van der Waals surface area contributed by atoms with Crippen LogP contribution in [0.1, 0.15) is 35.8 Å². The summed E-state index contributed by atoms with van der Waals surface area (Å²) in [6.07, 6.45) is -1.31. The molecule has 1 N–H and O–H groups in total. The largest absolute Gasteiger partial charge is 0.416 e. The van der Waals surface area contributed by atoms with Crippen molar-refractivity contribution in [2.75, 3.05) is 25.9 Å². The minimum Gasteiger partial charge on any atom is -0.298 e. The summed E-state index contributed by atoms with van der Waals surface area (Å²) in [6.45, 7) is 3.90. The van der Waals surface area contributed by atoms with Crippen LogP contribution in [0.5, 0.6) is 0 Å². The third kappa shape index (κ3) is 5.07. The summed E-state index contributed by atoms with van der Waals surface area (Å²) in [6, 6.07) is 7.07. The van der Waals surface area contributed by atoms with Gasteiger partial charge in [0.2, 0.25) is 10.0 Å². The highest BCUT2D eigenvalue weighted by Crippen LogP contribution is 2.41. The number of fused-ring (bicyclic) bond motifs is 3. The smallest absolute Gasteiger partial charge is 0.298 e. The quantitative estimate of drug-likeness (QED) is 0.751. The second kappa shape index (κ2) is 8.14. The highest BCUT2D eigenvalue weighted by molar-refractivity contribution is 7.88. The van der Waals surface area contributed by atoms with E-state index in [1.165, 1.54) is 18.4 Å². The van der Waals surface area contributed by atoms with Crippen molar-refractivity contribution < 1.29 is 21.6 Å². The zero-order chi connectivity index (χ0) is 22.4. The molecule has 3 fully saturated rings. The number of sulfonamides is 1. The summed E-state index contributed by atoms with van der Waals surface area (Å²) in [5, 5.41) is 0. The van der Waals surface area contributed by atoms with Gasteiger partial charge in [-0.1, -0.05) is 12.1 Å². The monoisotopic (exact) mass is 454 g/mol. The third-order valence-electron chi connectivity index (χ3n) is 6.21. The Morgan fingerprint density at radius 2 is 1.90 bits per heavy atom. The molecule has 4 atom stereocenters. The average molecular weight is 455 g/mol. The molecule has 0 aliphatic carbocycles. The minimum absolute atomic E-state index is 0.169. The number of nitrogens with one attached hydrogen (secondary N) is 1. The van der Waals surface area contributed by atoms with Crippen LogP contribution in [0.15, 0.2) is 30.3 Å². The van der Waals surface area contributed by atoms with Crippen molar-refractivity contribution >= 4 is 10.0 Å². The van der Waals surface area contributed by atoms with Gasteiger partial charge in [0.25, 0.3) is 0 Å². The number of halogens is 3. The molecule has 0 amide bonds. The van der Waals surface area contributed by atoms with Crippen molar-refractivity contribution in [3.63, 3.8) is 0 Å². The average Bonchev–Trinajstić information content (AvgIpc) is 2.71. The Morgan fingerprint density at radius 3 is 2.48 bits per heavy atom. The first-order valence-corrected chi connectivity index (χ1v) is 12.1. The van der Waals surface area contributed by atoms with Crippen molar-refractivity contribution in [2.45, 2.75) is 37.9 Å². The normalized spacial score (nSPS) is 26.2. The Morgan fingerprint density at radius 1 is 1.19 bits per heavy atom. The maximum atomic E-state index is 12.9. The molecule has 3 saturated heterocycles. The topological polar surface area (TPSA) is 75.2 Å². The summed E-state index contributed by atoms with van der Waals surface area (Å²) in [5.41, 5.74) is 1.44. The fourth-order valence-electron chi connectivity index (χ4n) is 4.69. The van der Waals surface area contributed by atoms with Gasteiger partial charge in [-0.3, -0.25) is 4.90 Å². The van der Waals surface area contributed by atoms with E-state index in [1.807, 2.05) is 6.07 Å². The predicted octanol–water partition coefficient (Wildman–Crippen LogP) is 3.20. The van der Waals surface area contributed by atoms with Gasteiger partial charge >= 0.3 is 6.18 Å². The second-order valence-corrected chi connectivity index (χ2v) is 10.3. The lowest BCUT2D eigenvalue weighted by atomic mass is 9.74. The predicted molar refractivity (Wildman–Crippen MR) is 111 cm³/mol. The zero-order valence-corrected chi connectivity index (χ0v) is 18.2. The first-order valence-electron chi connectivity index (χ1n) is 10.2. The Bertz CT molecular complexity index is 1060. The first kappa shape index (κ1) is 22.2. The molecule has 0 radical (unpaired) electrons. The van der Waals surface area contributed by atoms with E-state index in [1.54, 1.807) is 6.92 Å². The second-order valence-electron chi connectivity index (χ2n) is 8.46. The number of rotatable bonds is 5. The molecule has 4 heterocycles. The summed E-state index contributed by atoms with van der Waals surface area (Å²) in [5.74, 6) is 1.16. The Balaban J connectivity index is 1.54. The molecule has 168 valence electrons. The van der Waals surface area contributed by atoms with Crippen LogP contribution >= 0.6 is 0 Å². The molecule has 3 aliphatic heterocycles. The first-order chi connectivity index (χ1) is 14.5. The highest BCUT2D eigenvalue weighted by atomic mass is 32.2. The molecule has 5 rings (SSSR count). The molecule has 1 aromatic carbocycles. The van der Waals surface area contributed by atoms with Crippen LogP contribution in [0.3, 0.4) is 0 Å². The van der Waals surface area contributed by atoms with Crippen LogP contribution in [0.2, 0.25) is 0 Å². The van der Waals surface area contributed by atoms with Crippen molar-refractivity contribution in [1.82, 2.24) is 19.6 Å². The molecule has 10 heteroatoms. The molecule has 3 aliphatic rings. The number of piperidine rings is 3. The lowest BCUT2D eigenvalue weighted by Crippen LogP contribution is -2.56. The van der Waals surface area contributed by atoms with E-state index >= 15 is 0 Å². The Kier molecular flexibility index (Phi) is 5.82. The van der Waals surface area contributed by atoms with Crippen molar-refractivity contribution in [2.24, 2.45) is 5.92 Å². The van der Waals surface area contributed by atoms with Crippen LogP contribution in [-0.4, -0.2) is 55.2 Å². The van der Waals surface area contributed by atoms with Crippen molar-refractivity contribution in [3.05, 3.63) is 47.4 Å². The molecule has 1 unspecified atom stereocenters. The molecular weight excluding hydrogens is 429 g/mol. The molecule has 0 saturated carbocycles. The van der Waals surface area contributed by atoms with Crippen LogP contribution < -0.4 is 4.72 Å². The van der Waals surface area contributed by atoms with Gasteiger partial charge in [0.15, 0.2) is 0 Å². The summed E-state index contributed by atoms with van der Waals surface area (Å²) >= 11 is 0. The van der Waals surface area contributed by atoms with Crippen LogP contribution in [0.25, 0.3) is 11.3 Å². The number of aryl methyl sites for hydroxylation is 1. The van der Waals surface area contributed by atoms with E-state index in [2.05, 4.69) is 19.6 Å². The number of benzene rings is 1. The molecule has 0 spiro atoms. The van der Waals surface area contributed by atoms with E-state index in [-0.39, 0.29) is 12.0 Å². The molecule has 2 bridgehead atoms. The molecule has 2 aromatic rings. The molecule has 31 heavy (non-hydrogen) atoms. The maximum absolute atomic E-state index is 12.9. The zero-order valence-electron chi connectivity index (χ0n) is 17.4. The van der Waals surface area contributed by atoms with Crippen LogP contribution in [-0.2, 0) is 16.2 Å². The van der Waals surface area contributed by atoms with E-state index in [9.17, 15) is 21.6 Å². The summed E-state index contributed by atoms with van der Waals surface area (Å²) < 4.78 is 64.1. The summed E-state index contributed by atoms with van der Waals surface area (Å²) in [7, 11) is -3.23. The third-order valence-corrected chi connectivity index (χ3v) is 6.90. The van der Waals surface area contributed by atoms with Gasteiger partial charge in [0.1, 0.15) is 5.82 Å². The number of alkyl halides is 3. The SMILES string of the molecule is Cc1nc(-c2ccc(C(F)(F)F)cc2)cc([C@@H]2CN3CC[C@H]2C[C@@H]3CNS(C)(=O)=O)n1. The van der Waals surface area contributed by atoms with Crippen molar-refractivity contribution in [1.29, 1.82) is 0 Å².